The Morgan fingerprint density at radius 1 is 1.07 bits per heavy atom. The number of benzene rings is 1. The fourth-order valence-electron chi connectivity index (χ4n) is 4.28. The molecule has 1 saturated heterocycles. The van der Waals surface area contributed by atoms with E-state index in [4.69, 9.17) is 4.74 Å². The Morgan fingerprint density at radius 2 is 1.74 bits per heavy atom. The van der Waals surface area contributed by atoms with E-state index >= 15 is 0 Å². The summed E-state index contributed by atoms with van der Waals surface area (Å²) >= 11 is 0. The summed E-state index contributed by atoms with van der Waals surface area (Å²) in [4.78, 5) is 26.7. The molecule has 1 aliphatic heterocycles. The van der Waals surface area contributed by atoms with Crippen LogP contribution in [0.2, 0.25) is 0 Å². The fourth-order valence-corrected chi connectivity index (χ4v) is 4.28. The van der Waals surface area contributed by atoms with Crippen molar-refractivity contribution in [3.8, 4) is 0 Å². The number of rotatable bonds is 7. The molecule has 27 heavy (non-hydrogen) atoms. The molecule has 0 atom stereocenters. The third-order valence-electron chi connectivity index (χ3n) is 5.96. The highest BCUT2D eigenvalue weighted by Gasteiger charge is 2.29. The molecule has 2 aliphatic rings. The van der Waals surface area contributed by atoms with Crippen molar-refractivity contribution >= 4 is 11.8 Å². The highest BCUT2D eigenvalue weighted by Crippen LogP contribution is 2.29. The van der Waals surface area contributed by atoms with Crippen LogP contribution in [-0.4, -0.2) is 50.1 Å². The molecular weight excluding hydrogens is 340 g/mol. The third-order valence-corrected chi connectivity index (χ3v) is 5.96. The molecule has 1 heterocycles. The maximum absolute atomic E-state index is 12.5. The van der Waals surface area contributed by atoms with Gasteiger partial charge in [-0.1, -0.05) is 25.0 Å². The van der Waals surface area contributed by atoms with Gasteiger partial charge >= 0.3 is 0 Å². The van der Waals surface area contributed by atoms with Crippen molar-refractivity contribution in [3.05, 3.63) is 35.4 Å². The van der Waals surface area contributed by atoms with Crippen LogP contribution < -0.4 is 5.32 Å². The van der Waals surface area contributed by atoms with E-state index in [0.717, 1.165) is 45.2 Å². The maximum atomic E-state index is 12.5. The van der Waals surface area contributed by atoms with Crippen LogP contribution in [0.15, 0.2) is 24.3 Å². The number of piperidine rings is 1. The molecule has 3 rings (SSSR count). The second-order valence-corrected chi connectivity index (χ2v) is 7.90. The molecule has 0 bridgehead atoms. The first-order valence-electron chi connectivity index (χ1n) is 10.3. The van der Waals surface area contributed by atoms with Crippen molar-refractivity contribution in [1.29, 1.82) is 0 Å². The van der Waals surface area contributed by atoms with Gasteiger partial charge in [0, 0.05) is 38.2 Å². The number of likely N-dealkylation sites (tertiary alicyclic amines) is 1. The summed E-state index contributed by atoms with van der Waals surface area (Å²) in [5, 5.41) is 2.84. The number of hydrogen-bond acceptors (Lipinski definition) is 3. The van der Waals surface area contributed by atoms with E-state index in [1.807, 2.05) is 12.1 Å². The van der Waals surface area contributed by atoms with Gasteiger partial charge < -0.3 is 15.0 Å². The van der Waals surface area contributed by atoms with Crippen molar-refractivity contribution in [2.24, 2.45) is 11.8 Å². The molecule has 5 nitrogen and oxygen atoms in total. The number of nitrogens with zero attached hydrogens (tertiary/aromatic N) is 1. The molecular formula is C22H32N2O3. The lowest BCUT2D eigenvalue weighted by Crippen LogP contribution is -2.41. The van der Waals surface area contributed by atoms with E-state index in [2.05, 4.69) is 22.3 Å². The number of methoxy groups -OCH3 is 1. The molecule has 0 radical (unpaired) electrons. The smallest absolute Gasteiger partial charge is 0.251 e. The lowest BCUT2D eigenvalue weighted by Gasteiger charge is -2.33. The number of carbonyl (C=O) groups is 2. The van der Waals surface area contributed by atoms with Crippen LogP contribution in [0.1, 0.15) is 54.4 Å². The zero-order valence-corrected chi connectivity index (χ0v) is 16.4. The van der Waals surface area contributed by atoms with Gasteiger partial charge in [0.25, 0.3) is 5.91 Å². The summed E-state index contributed by atoms with van der Waals surface area (Å²) < 4.78 is 4.94. The topological polar surface area (TPSA) is 58.6 Å². The predicted molar refractivity (Wildman–Crippen MR) is 106 cm³/mol. The van der Waals surface area contributed by atoms with Crippen molar-refractivity contribution in [2.75, 3.05) is 33.4 Å². The van der Waals surface area contributed by atoms with Gasteiger partial charge in [-0.2, -0.15) is 0 Å². The average Bonchev–Trinajstić information content (AvgIpc) is 3.23. The summed E-state index contributed by atoms with van der Waals surface area (Å²) in [6, 6.07) is 7.91. The van der Waals surface area contributed by atoms with Gasteiger partial charge in [0.05, 0.1) is 6.61 Å². The van der Waals surface area contributed by atoms with E-state index in [1.165, 1.54) is 18.4 Å². The van der Waals surface area contributed by atoms with E-state index in [1.54, 1.807) is 7.11 Å². The van der Waals surface area contributed by atoms with E-state index < -0.39 is 0 Å². The van der Waals surface area contributed by atoms with Crippen LogP contribution in [0, 0.1) is 11.8 Å². The van der Waals surface area contributed by atoms with Crippen LogP contribution in [0.25, 0.3) is 0 Å². The van der Waals surface area contributed by atoms with Gasteiger partial charge in [-0.3, -0.25) is 9.59 Å². The summed E-state index contributed by atoms with van der Waals surface area (Å²) in [6.07, 6.45) is 7.79. The predicted octanol–water partition coefficient (Wildman–Crippen LogP) is 3.03. The van der Waals surface area contributed by atoms with Crippen molar-refractivity contribution in [1.82, 2.24) is 10.2 Å². The first kappa shape index (κ1) is 19.9. The molecule has 0 spiro atoms. The minimum Gasteiger partial charge on any atom is -0.383 e. The second kappa shape index (κ2) is 9.88. The van der Waals surface area contributed by atoms with Crippen LogP contribution in [0.3, 0.4) is 0 Å². The number of hydrogen-bond donors (Lipinski definition) is 1. The quantitative estimate of drug-likeness (QED) is 0.749. The van der Waals surface area contributed by atoms with E-state index in [0.29, 0.717) is 36.5 Å². The van der Waals surface area contributed by atoms with Crippen molar-refractivity contribution in [3.63, 3.8) is 0 Å². The van der Waals surface area contributed by atoms with Gasteiger partial charge in [0.15, 0.2) is 0 Å². The Kier molecular flexibility index (Phi) is 7.27. The molecule has 2 amide bonds. The maximum Gasteiger partial charge on any atom is 0.251 e. The Morgan fingerprint density at radius 3 is 2.37 bits per heavy atom. The minimum absolute atomic E-state index is 0.0580. The van der Waals surface area contributed by atoms with E-state index in [9.17, 15) is 9.59 Å². The van der Waals surface area contributed by atoms with Crippen LogP contribution >= 0.6 is 0 Å². The third kappa shape index (κ3) is 5.55. The van der Waals surface area contributed by atoms with E-state index in [-0.39, 0.29) is 5.91 Å². The lowest BCUT2D eigenvalue weighted by molar-refractivity contribution is -0.136. The number of carbonyl (C=O) groups excluding carboxylic acids is 2. The molecule has 1 aliphatic carbocycles. The van der Waals surface area contributed by atoms with Crippen LogP contribution in [0.4, 0.5) is 0 Å². The van der Waals surface area contributed by atoms with Gasteiger partial charge in [-0.05, 0) is 55.7 Å². The molecule has 0 aromatic heterocycles. The summed E-state index contributed by atoms with van der Waals surface area (Å²) in [6.45, 7) is 2.85. The Bertz CT molecular complexity index is 615. The largest absolute Gasteiger partial charge is 0.383 e. The molecule has 2 fully saturated rings. The molecule has 0 unspecified atom stereocenters. The van der Waals surface area contributed by atoms with Gasteiger partial charge in [-0.15, -0.1) is 0 Å². The van der Waals surface area contributed by atoms with Crippen molar-refractivity contribution in [2.45, 2.75) is 44.9 Å². The summed E-state index contributed by atoms with van der Waals surface area (Å²) in [7, 11) is 1.62. The Labute approximate surface area is 162 Å². The monoisotopic (exact) mass is 372 g/mol. The Hall–Kier alpha value is -1.88. The van der Waals surface area contributed by atoms with Gasteiger partial charge in [0.1, 0.15) is 0 Å². The Balaban J connectivity index is 1.43. The normalized spacial score (nSPS) is 18.6. The zero-order valence-electron chi connectivity index (χ0n) is 16.4. The molecule has 1 N–H and O–H groups in total. The van der Waals surface area contributed by atoms with Gasteiger partial charge in [0.2, 0.25) is 5.91 Å². The summed E-state index contributed by atoms with van der Waals surface area (Å²) in [5.41, 5.74) is 1.95. The lowest BCUT2D eigenvalue weighted by atomic mass is 9.89. The van der Waals surface area contributed by atoms with Gasteiger partial charge in [-0.25, -0.2) is 0 Å². The fraction of sp³-hybridized carbons (Fsp3) is 0.636. The first-order chi connectivity index (χ1) is 13.2. The standard InChI is InChI=1S/C22H32N2O3/c1-27-15-12-23-21(25)19-8-6-17(7-9-19)16-18-10-13-24(14-11-18)22(26)20-4-2-3-5-20/h6-9,18,20H,2-5,10-16H2,1H3,(H,23,25). The highest BCUT2D eigenvalue weighted by molar-refractivity contribution is 5.94. The van der Waals surface area contributed by atoms with Crippen molar-refractivity contribution < 1.29 is 14.3 Å². The highest BCUT2D eigenvalue weighted by atomic mass is 16.5. The molecule has 1 aromatic carbocycles. The molecule has 148 valence electrons. The summed E-state index contributed by atoms with van der Waals surface area (Å²) in [5.74, 6) is 1.26. The molecule has 5 heteroatoms. The average molecular weight is 373 g/mol. The second-order valence-electron chi connectivity index (χ2n) is 7.90. The van der Waals surface area contributed by atoms with Crippen LogP contribution in [-0.2, 0) is 16.0 Å². The molecule has 1 saturated carbocycles. The number of amides is 2. The first-order valence-corrected chi connectivity index (χ1v) is 10.3. The number of nitrogens with one attached hydrogen (secondary N) is 1. The number of ether oxygens (including phenoxy) is 1. The minimum atomic E-state index is -0.0580. The zero-order chi connectivity index (χ0) is 19.1. The molecule has 1 aromatic rings. The van der Waals surface area contributed by atoms with Crippen LogP contribution in [0.5, 0.6) is 0 Å². The SMILES string of the molecule is COCCNC(=O)c1ccc(CC2CCN(C(=O)C3CCCC3)CC2)cc1.